The summed E-state index contributed by atoms with van der Waals surface area (Å²) >= 11 is 0. The lowest BCUT2D eigenvalue weighted by molar-refractivity contribution is -0.143. The van der Waals surface area contributed by atoms with Crippen LogP contribution in [0.2, 0.25) is 0 Å². The van der Waals surface area contributed by atoms with E-state index in [2.05, 4.69) is 0 Å². The molecule has 2 aliphatic rings. The van der Waals surface area contributed by atoms with Crippen LogP contribution in [0.1, 0.15) is 23.7 Å². The number of aliphatic carboxylic acids is 1. The number of hydrogen-bond donors (Lipinski definition) is 1. The zero-order chi connectivity index (χ0) is 9.76. The van der Waals surface area contributed by atoms with Crippen LogP contribution in [-0.2, 0) is 16.0 Å². The molecule has 0 unspecified atom stereocenters. The Hall–Kier alpha value is -1.35. The molecule has 0 radical (unpaired) electrons. The van der Waals surface area contributed by atoms with Crippen molar-refractivity contribution < 1.29 is 14.6 Å². The fourth-order valence-corrected chi connectivity index (χ4v) is 2.29. The minimum Gasteiger partial charge on any atom is -0.479 e. The summed E-state index contributed by atoms with van der Waals surface area (Å²) in [6.45, 7) is 0. The molecule has 0 aromatic heterocycles. The Bertz CT molecular complexity index is 413. The smallest absolute Gasteiger partial charge is 0.339 e. The molecule has 3 rings (SSSR count). The Morgan fingerprint density at radius 2 is 2.29 bits per heavy atom. The highest BCUT2D eigenvalue weighted by atomic mass is 16.6. The summed E-state index contributed by atoms with van der Waals surface area (Å²) in [5.74, 6) is -0.822. The van der Waals surface area contributed by atoms with Gasteiger partial charge < -0.3 is 9.84 Å². The molecule has 2 atom stereocenters. The topological polar surface area (TPSA) is 49.8 Å². The molecule has 1 aromatic rings. The quantitative estimate of drug-likeness (QED) is 0.683. The van der Waals surface area contributed by atoms with Crippen molar-refractivity contribution in [1.29, 1.82) is 0 Å². The highest BCUT2D eigenvalue weighted by molar-refractivity contribution is 5.82. The van der Waals surface area contributed by atoms with Crippen LogP contribution < -0.4 is 0 Å². The molecule has 3 heteroatoms. The molecule has 72 valence electrons. The third-order valence-electron chi connectivity index (χ3n) is 3.16. The van der Waals surface area contributed by atoms with Crippen LogP contribution in [0.15, 0.2) is 24.3 Å². The SMILES string of the molecule is O=C(O)[C@@]12CCc3ccccc3[C@@H]1O2. The van der Waals surface area contributed by atoms with Crippen molar-refractivity contribution in [3.63, 3.8) is 0 Å². The zero-order valence-corrected chi connectivity index (χ0v) is 7.56. The minimum atomic E-state index is -0.894. The van der Waals surface area contributed by atoms with Gasteiger partial charge in [0.15, 0.2) is 5.60 Å². The second kappa shape index (κ2) is 2.36. The molecule has 1 N–H and O–H groups in total. The number of carboxylic acids is 1. The zero-order valence-electron chi connectivity index (χ0n) is 7.56. The number of carbonyl (C=O) groups is 1. The normalized spacial score (nSPS) is 33.0. The van der Waals surface area contributed by atoms with E-state index < -0.39 is 11.6 Å². The number of aryl methyl sites for hydroxylation is 1. The molecule has 1 aliphatic carbocycles. The molecule has 0 bridgehead atoms. The number of carboxylic acid groups (broad SMARTS) is 1. The largest absolute Gasteiger partial charge is 0.479 e. The first kappa shape index (κ1) is 8.00. The first-order valence-electron chi connectivity index (χ1n) is 4.73. The number of fused-ring (bicyclic) bond motifs is 3. The molecular formula is C11H10O3. The van der Waals surface area contributed by atoms with Gasteiger partial charge >= 0.3 is 5.97 Å². The minimum absolute atomic E-state index is 0.204. The van der Waals surface area contributed by atoms with Gasteiger partial charge in [-0.15, -0.1) is 0 Å². The number of hydrogen-bond acceptors (Lipinski definition) is 2. The Labute approximate surface area is 81.3 Å². The van der Waals surface area contributed by atoms with Crippen LogP contribution in [0.3, 0.4) is 0 Å². The van der Waals surface area contributed by atoms with Crippen LogP contribution in [0.25, 0.3) is 0 Å². The van der Waals surface area contributed by atoms with Gasteiger partial charge in [-0.2, -0.15) is 0 Å². The van der Waals surface area contributed by atoms with Gasteiger partial charge in [-0.1, -0.05) is 24.3 Å². The van der Waals surface area contributed by atoms with Crippen molar-refractivity contribution in [1.82, 2.24) is 0 Å². The summed E-state index contributed by atoms with van der Waals surface area (Å²) in [6.07, 6.45) is 1.20. The maximum atomic E-state index is 11.0. The average molecular weight is 190 g/mol. The fraction of sp³-hybridized carbons (Fsp3) is 0.364. The van der Waals surface area contributed by atoms with Crippen LogP contribution >= 0.6 is 0 Å². The molecular weight excluding hydrogens is 180 g/mol. The van der Waals surface area contributed by atoms with Crippen LogP contribution in [0, 0.1) is 0 Å². The molecule has 1 heterocycles. The summed E-state index contributed by atoms with van der Waals surface area (Å²) < 4.78 is 5.35. The first-order valence-corrected chi connectivity index (χ1v) is 4.73. The van der Waals surface area contributed by atoms with Gasteiger partial charge in [-0.3, -0.25) is 0 Å². The number of rotatable bonds is 1. The second-order valence-electron chi connectivity index (χ2n) is 3.89. The Morgan fingerprint density at radius 1 is 1.50 bits per heavy atom. The summed E-state index contributed by atoms with van der Waals surface area (Å²) in [5, 5.41) is 9.04. The lowest BCUT2D eigenvalue weighted by Gasteiger charge is -2.16. The van der Waals surface area contributed by atoms with Crippen molar-refractivity contribution in [2.24, 2.45) is 0 Å². The van der Waals surface area contributed by atoms with Crippen molar-refractivity contribution in [3.05, 3.63) is 35.4 Å². The molecule has 14 heavy (non-hydrogen) atoms. The van der Waals surface area contributed by atoms with E-state index in [-0.39, 0.29) is 6.10 Å². The molecule has 3 nitrogen and oxygen atoms in total. The van der Waals surface area contributed by atoms with Crippen LogP contribution in [-0.4, -0.2) is 16.7 Å². The molecule has 0 saturated carbocycles. The van der Waals surface area contributed by atoms with E-state index in [0.29, 0.717) is 6.42 Å². The Kier molecular flexibility index (Phi) is 1.35. The Balaban J connectivity index is 2.05. The molecule has 0 amide bonds. The summed E-state index contributed by atoms with van der Waals surface area (Å²) in [6, 6.07) is 7.92. The van der Waals surface area contributed by atoms with E-state index in [0.717, 1.165) is 12.0 Å². The van der Waals surface area contributed by atoms with Gasteiger partial charge in [0.1, 0.15) is 6.10 Å². The van der Waals surface area contributed by atoms with Gasteiger partial charge in [0.05, 0.1) is 0 Å². The van der Waals surface area contributed by atoms with E-state index in [4.69, 9.17) is 9.84 Å². The van der Waals surface area contributed by atoms with Gasteiger partial charge in [-0.05, 0) is 24.0 Å². The van der Waals surface area contributed by atoms with E-state index in [1.54, 1.807) is 0 Å². The molecule has 1 saturated heterocycles. The van der Waals surface area contributed by atoms with Gasteiger partial charge in [-0.25, -0.2) is 4.79 Å². The fourth-order valence-electron chi connectivity index (χ4n) is 2.29. The van der Waals surface area contributed by atoms with Gasteiger partial charge in [0.25, 0.3) is 0 Å². The van der Waals surface area contributed by atoms with E-state index in [1.165, 1.54) is 5.56 Å². The summed E-state index contributed by atoms with van der Waals surface area (Å²) in [4.78, 5) is 11.0. The lowest BCUT2D eigenvalue weighted by atomic mass is 9.84. The molecule has 1 aromatic carbocycles. The highest BCUT2D eigenvalue weighted by Crippen LogP contribution is 2.56. The number of epoxide rings is 1. The predicted octanol–water partition coefficient (Wildman–Crippen LogP) is 1.53. The average Bonchev–Trinajstić information content (AvgIpc) is 2.94. The number of benzene rings is 1. The standard InChI is InChI=1S/C11H10O3/c12-10(13)11-6-5-7-3-1-2-4-8(7)9(11)14-11/h1-4,9H,5-6H2,(H,12,13)/t9-,11+/m0/s1. The maximum absolute atomic E-state index is 11.0. The van der Waals surface area contributed by atoms with Crippen molar-refractivity contribution in [3.8, 4) is 0 Å². The van der Waals surface area contributed by atoms with Crippen LogP contribution in [0.5, 0.6) is 0 Å². The molecule has 0 spiro atoms. The number of ether oxygens (including phenoxy) is 1. The summed E-state index contributed by atoms with van der Waals surface area (Å²) in [5.41, 5.74) is 1.39. The van der Waals surface area contributed by atoms with Crippen molar-refractivity contribution >= 4 is 5.97 Å². The highest BCUT2D eigenvalue weighted by Gasteiger charge is 2.65. The van der Waals surface area contributed by atoms with E-state index in [1.807, 2.05) is 24.3 Å². The first-order chi connectivity index (χ1) is 6.74. The third-order valence-corrected chi connectivity index (χ3v) is 3.16. The van der Waals surface area contributed by atoms with Gasteiger partial charge in [0.2, 0.25) is 0 Å². The Morgan fingerprint density at radius 3 is 3.07 bits per heavy atom. The van der Waals surface area contributed by atoms with E-state index >= 15 is 0 Å². The molecule has 1 fully saturated rings. The third kappa shape index (κ3) is 0.826. The van der Waals surface area contributed by atoms with Gasteiger partial charge in [0, 0.05) is 0 Å². The summed E-state index contributed by atoms with van der Waals surface area (Å²) in [7, 11) is 0. The monoisotopic (exact) mass is 190 g/mol. The maximum Gasteiger partial charge on any atom is 0.339 e. The predicted molar refractivity (Wildman–Crippen MR) is 49.0 cm³/mol. The van der Waals surface area contributed by atoms with Crippen molar-refractivity contribution in [2.45, 2.75) is 24.5 Å². The second-order valence-corrected chi connectivity index (χ2v) is 3.89. The van der Waals surface area contributed by atoms with Crippen molar-refractivity contribution in [2.75, 3.05) is 0 Å². The van der Waals surface area contributed by atoms with E-state index in [9.17, 15) is 4.79 Å². The molecule has 1 aliphatic heterocycles. The lowest BCUT2D eigenvalue weighted by Crippen LogP contribution is -2.28. The van der Waals surface area contributed by atoms with Crippen LogP contribution in [0.4, 0.5) is 0 Å².